The number of fused-ring (bicyclic) bond motifs is 1. The summed E-state index contributed by atoms with van der Waals surface area (Å²) >= 11 is 0. The number of nitrogens with zero attached hydrogens (tertiary/aromatic N) is 3. The fourth-order valence-electron chi connectivity index (χ4n) is 4.00. The highest BCUT2D eigenvalue weighted by atomic mass is 16.5. The molecule has 1 saturated carbocycles. The van der Waals surface area contributed by atoms with E-state index in [1.807, 2.05) is 10.7 Å². The maximum Gasteiger partial charge on any atom is 0.307 e. The first kappa shape index (κ1) is 21.9. The summed E-state index contributed by atoms with van der Waals surface area (Å²) in [6.07, 6.45) is 3.07. The highest BCUT2D eigenvalue weighted by Crippen LogP contribution is 2.33. The molecule has 0 atom stereocenters. The lowest BCUT2D eigenvalue weighted by atomic mass is 10.0. The van der Waals surface area contributed by atoms with Crippen LogP contribution in [0.3, 0.4) is 0 Å². The van der Waals surface area contributed by atoms with E-state index in [0.29, 0.717) is 42.4 Å². The van der Waals surface area contributed by atoms with E-state index in [4.69, 9.17) is 4.74 Å². The molecule has 9 heteroatoms. The number of amides is 2. The van der Waals surface area contributed by atoms with Gasteiger partial charge in [0.1, 0.15) is 5.75 Å². The zero-order chi connectivity index (χ0) is 22.7. The van der Waals surface area contributed by atoms with Gasteiger partial charge in [0.25, 0.3) is 11.8 Å². The molecule has 1 N–H and O–H groups in total. The van der Waals surface area contributed by atoms with Crippen molar-refractivity contribution in [3.8, 4) is 5.75 Å². The molecule has 0 unspecified atom stereocenters. The monoisotopic (exact) mass is 440 g/mol. The van der Waals surface area contributed by atoms with Gasteiger partial charge in [0.05, 0.1) is 32.7 Å². The van der Waals surface area contributed by atoms with Gasteiger partial charge in [-0.05, 0) is 30.9 Å². The summed E-state index contributed by atoms with van der Waals surface area (Å²) in [5, 5.41) is 7.37. The first-order chi connectivity index (χ1) is 15.5. The molecule has 1 aliphatic carbocycles. The predicted octanol–water partition coefficient (Wildman–Crippen LogP) is 1.79. The topological polar surface area (TPSA) is 103 Å². The third-order valence-corrected chi connectivity index (χ3v) is 5.94. The molecule has 170 valence electrons. The van der Waals surface area contributed by atoms with Crippen molar-refractivity contribution >= 4 is 17.8 Å². The number of benzene rings is 1. The minimum atomic E-state index is -0.389. The predicted molar refractivity (Wildman–Crippen MR) is 115 cm³/mol. The number of rotatable bonds is 8. The van der Waals surface area contributed by atoms with Crippen molar-refractivity contribution in [1.29, 1.82) is 0 Å². The maximum absolute atomic E-state index is 13.2. The molecule has 9 nitrogen and oxygen atoms in total. The number of hydrogen-bond acceptors (Lipinski definition) is 6. The Kier molecular flexibility index (Phi) is 6.43. The number of ether oxygens (including phenoxy) is 2. The summed E-state index contributed by atoms with van der Waals surface area (Å²) in [5.74, 6) is 0.252. The second kappa shape index (κ2) is 9.42. The van der Waals surface area contributed by atoms with Gasteiger partial charge in [-0.15, -0.1) is 0 Å². The van der Waals surface area contributed by atoms with Gasteiger partial charge in [-0.2, -0.15) is 5.10 Å². The van der Waals surface area contributed by atoms with Gasteiger partial charge >= 0.3 is 5.97 Å². The highest BCUT2D eigenvalue weighted by Gasteiger charge is 2.33. The van der Waals surface area contributed by atoms with Gasteiger partial charge in [0.15, 0.2) is 5.69 Å². The molecule has 2 amide bonds. The van der Waals surface area contributed by atoms with E-state index in [0.717, 1.165) is 17.8 Å². The van der Waals surface area contributed by atoms with Crippen LogP contribution in [0, 0.1) is 5.92 Å². The number of carbonyl (C=O) groups excluding carboxylic acids is 3. The van der Waals surface area contributed by atoms with Gasteiger partial charge in [-0.3, -0.25) is 19.1 Å². The van der Waals surface area contributed by atoms with Crippen LogP contribution in [0.2, 0.25) is 0 Å². The van der Waals surface area contributed by atoms with Gasteiger partial charge < -0.3 is 19.7 Å². The van der Waals surface area contributed by atoms with E-state index >= 15 is 0 Å². The number of para-hydroxylation sites is 1. The second-order valence-electron chi connectivity index (χ2n) is 8.16. The molecule has 0 radical (unpaired) electrons. The summed E-state index contributed by atoms with van der Waals surface area (Å²) in [6.45, 7) is 1.80. The molecule has 0 bridgehead atoms. The van der Waals surface area contributed by atoms with Crippen molar-refractivity contribution in [2.45, 2.75) is 38.8 Å². The Morgan fingerprint density at radius 2 is 1.97 bits per heavy atom. The fourth-order valence-corrected chi connectivity index (χ4v) is 4.00. The Bertz CT molecular complexity index is 1030. The van der Waals surface area contributed by atoms with Crippen molar-refractivity contribution in [2.75, 3.05) is 27.3 Å². The third-order valence-electron chi connectivity index (χ3n) is 5.94. The molecule has 0 saturated heterocycles. The molecule has 2 aliphatic rings. The average molecular weight is 441 g/mol. The summed E-state index contributed by atoms with van der Waals surface area (Å²) in [5.41, 5.74) is 2.60. The molecule has 1 aliphatic heterocycles. The highest BCUT2D eigenvalue weighted by molar-refractivity contribution is 5.98. The minimum Gasteiger partial charge on any atom is -0.496 e. The largest absolute Gasteiger partial charge is 0.496 e. The summed E-state index contributed by atoms with van der Waals surface area (Å²) in [6, 6.07) is 7.13. The molecule has 2 aromatic rings. The smallest absolute Gasteiger partial charge is 0.307 e. The van der Waals surface area contributed by atoms with Gasteiger partial charge in [0, 0.05) is 37.3 Å². The first-order valence-corrected chi connectivity index (χ1v) is 10.9. The standard InChI is InChI=1S/C23H28N4O5/c1-31-19-6-4-3-5-16(19)23(30)26-12-10-18-17(14-26)21(25-27(18)13-15-7-8-15)22(29)24-11-9-20(28)32-2/h3-6,15H,7-14H2,1-2H3,(H,24,29). The molecule has 1 aromatic heterocycles. The van der Waals surface area contributed by atoms with Crippen LogP contribution in [0.25, 0.3) is 0 Å². The Morgan fingerprint density at radius 3 is 2.69 bits per heavy atom. The van der Waals surface area contributed by atoms with E-state index in [2.05, 4.69) is 15.2 Å². The van der Waals surface area contributed by atoms with Crippen molar-refractivity contribution in [3.63, 3.8) is 0 Å². The second-order valence-corrected chi connectivity index (χ2v) is 8.16. The van der Waals surface area contributed by atoms with Crippen molar-refractivity contribution in [3.05, 3.63) is 46.8 Å². The van der Waals surface area contributed by atoms with Gasteiger partial charge in [-0.25, -0.2) is 0 Å². The maximum atomic E-state index is 13.2. The molecule has 4 rings (SSSR count). The van der Waals surface area contributed by atoms with Crippen LogP contribution in [0.4, 0.5) is 0 Å². The summed E-state index contributed by atoms with van der Waals surface area (Å²) in [7, 11) is 2.85. The molecule has 0 spiro atoms. The summed E-state index contributed by atoms with van der Waals surface area (Å²) in [4.78, 5) is 39.2. The lowest BCUT2D eigenvalue weighted by Crippen LogP contribution is -2.37. The Morgan fingerprint density at radius 1 is 1.19 bits per heavy atom. The quantitative estimate of drug-likeness (QED) is 0.628. The van der Waals surface area contributed by atoms with Crippen molar-refractivity contribution in [2.24, 2.45) is 5.92 Å². The van der Waals surface area contributed by atoms with Crippen molar-refractivity contribution in [1.82, 2.24) is 20.0 Å². The minimum absolute atomic E-state index is 0.0889. The number of nitrogens with one attached hydrogen (secondary N) is 1. The Labute approximate surface area is 186 Å². The molecule has 2 heterocycles. The molecule has 32 heavy (non-hydrogen) atoms. The number of aromatic nitrogens is 2. The van der Waals surface area contributed by atoms with E-state index in [-0.39, 0.29) is 30.7 Å². The fraction of sp³-hybridized carbons (Fsp3) is 0.478. The molecule has 1 aromatic carbocycles. The van der Waals surface area contributed by atoms with Gasteiger partial charge in [-0.1, -0.05) is 12.1 Å². The van der Waals surface area contributed by atoms with Crippen LogP contribution >= 0.6 is 0 Å². The van der Waals surface area contributed by atoms with Crippen LogP contribution in [0.1, 0.15) is 51.4 Å². The average Bonchev–Trinajstić information content (AvgIpc) is 3.57. The molecular weight excluding hydrogens is 412 g/mol. The van der Waals surface area contributed by atoms with Crippen LogP contribution < -0.4 is 10.1 Å². The van der Waals surface area contributed by atoms with E-state index in [1.54, 1.807) is 30.2 Å². The Hall–Kier alpha value is -3.36. The molecular formula is C23H28N4O5. The normalized spacial score (nSPS) is 15.1. The number of methoxy groups -OCH3 is 2. The lowest BCUT2D eigenvalue weighted by molar-refractivity contribution is -0.140. The number of esters is 1. The summed E-state index contributed by atoms with van der Waals surface area (Å²) < 4.78 is 11.9. The first-order valence-electron chi connectivity index (χ1n) is 10.9. The van der Waals surface area contributed by atoms with E-state index in [1.165, 1.54) is 20.0 Å². The van der Waals surface area contributed by atoms with E-state index < -0.39 is 0 Å². The molecule has 1 fully saturated rings. The van der Waals surface area contributed by atoms with Crippen LogP contribution in [0.15, 0.2) is 24.3 Å². The number of carbonyl (C=O) groups is 3. The third kappa shape index (κ3) is 4.61. The SMILES string of the molecule is COC(=O)CCNC(=O)c1nn(CC2CC2)c2c1CN(C(=O)c1ccccc1OC)CC2. The lowest BCUT2D eigenvalue weighted by Gasteiger charge is -2.28. The number of hydrogen-bond donors (Lipinski definition) is 1. The van der Waals surface area contributed by atoms with Crippen LogP contribution in [-0.2, 0) is 29.0 Å². The Balaban J connectivity index is 1.56. The van der Waals surface area contributed by atoms with E-state index in [9.17, 15) is 14.4 Å². The zero-order valence-electron chi connectivity index (χ0n) is 18.4. The van der Waals surface area contributed by atoms with Gasteiger partial charge in [0.2, 0.25) is 0 Å². The zero-order valence-corrected chi connectivity index (χ0v) is 18.4. The van der Waals surface area contributed by atoms with Crippen molar-refractivity contribution < 1.29 is 23.9 Å². The van der Waals surface area contributed by atoms with Crippen LogP contribution in [-0.4, -0.2) is 59.8 Å². The van der Waals surface area contributed by atoms with Crippen LogP contribution in [0.5, 0.6) is 5.75 Å².